The van der Waals surface area contributed by atoms with Crippen LogP contribution in [0.4, 0.5) is 5.69 Å². The average Bonchev–Trinajstić information content (AvgIpc) is 3.50. The van der Waals surface area contributed by atoms with Crippen molar-refractivity contribution in [3.05, 3.63) is 34.5 Å². The topological polar surface area (TPSA) is 73.3 Å². The summed E-state index contributed by atoms with van der Waals surface area (Å²) in [5.74, 6) is 6.02. The van der Waals surface area contributed by atoms with E-state index >= 15 is 0 Å². The van der Waals surface area contributed by atoms with Crippen molar-refractivity contribution in [3.63, 3.8) is 0 Å². The van der Waals surface area contributed by atoms with Gasteiger partial charge in [0.25, 0.3) is 0 Å². The standard InChI is InChI=1S/C30H33N3O3S2/c1-16-2-4-21-24(6-16)38-28-26(21)27(37-14-25(34)31-20-3-5-22-23(10-20)36-15-35-22)32-29(33-28)30-11-17-7-18(12-30)9-19(8-17)13-30/h3,5,10,16-19H,2,4,6-9,11-15H2,1H3,(H,31,34)/t16-,17?,18?,19?,30?/m0/s1. The number of nitrogens with zero attached hydrogens (tertiary/aromatic N) is 2. The maximum Gasteiger partial charge on any atom is 0.234 e. The van der Waals surface area contributed by atoms with Gasteiger partial charge in [0.15, 0.2) is 11.5 Å². The number of ether oxygens (including phenoxy) is 2. The Bertz CT molecular complexity index is 1410. The van der Waals surface area contributed by atoms with Gasteiger partial charge in [-0.05, 0) is 99.2 Å². The van der Waals surface area contributed by atoms with Gasteiger partial charge < -0.3 is 14.8 Å². The molecule has 3 heterocycles. The third-order valence-electron chi connectivity index (χ3n) is 9.63. The van der Waals surface area contributed by atoms with Gasteiger partial charge in [-0.3, -0.25) is 4.79 Å². The van der Waals surface area contributed by atoms with Crippen molar-refractivity contribution in [1.29, 1.82) is 0 Å². The molecular weight excluding hydrogens is 514 g/mol. The summed E-state index contributed by atoms with van der Waals surface area (Å²) < 4.78 is 10.9. The number of rotatable bonds is 5. The van der Waals surface area contributed by atoms with Crippen molar-refractivity contribution >= 4 is 44.9 Å². The lowest BCUT2D eigenvalue weighted by Gasteiger charge is -2.56. The van der Waals surface area contributed by atoms with Gasteiger partial charge in [0.2, 0.25) is 12.7 Å². The number of aryl methyl sites for hydroxylation is 1. The third kappa shape index (κ3) is 3.93. The molecule has 6 nitrogen and oxygen atoms in total. The number of hydrogen-bond acceptors (Lipinski definition) is 7. The number of fused-ring (bicyclic) bond motifs is 4. The van der Waals surface area contributed by atoms with Crippen molar-refractivity contribution in [2.45, 2.75) is 75.2 Å². The van der Waals surface area contributed by atoms with Crippen LogP contribution in [0.5, 0.6) is 11.5 Å². The lowest BCUT2D eigenvalue weighted by molar-refractivity contribution is -0.113. The number of aromatic nitrogens is 2. The zero-order valence-electron chi connectivity index (χ0n) is 21.8. The third-order valence-corrected chi connectivity index (χ3v) is 11.8. The van der Waals surface area contributed by atoms with Crippen LogP contribution in [0.1, 0.15) is 68.1 Å². The Kier molecular flexibility index (Phi) is 5.49. The second-order valence-corrected chi connectivity index (χ2v) is 14.5. The van der Waals surface area contributed by atoms with Crippen molar-refractivity contribution in [1.82, 2.24) is 9.97 Å². The van der Waals surface area contributed by atoms with Crippen molar-refractivity contribution in [2.24, 2.45) is 23.7 Å². The normalized spacial score (nSPS) is 30.6. The molecule has 0 radical (unpaired) electrons. The van der Waals surface area contributed by atoms with Gasteiger partial charge in [-0.1, -0.05) is 18.7 Å². The van der Waals surface area contributed by atoms with Gasteiger partial charge in [-0.15, -0.1) is 11.3 Å². The molecule has 4 fully saturated rings. The van der Waals surface area contributed by atoms with Gasteiger partial charge in [-0.2, -0.15) is 0 Å². The monoisotopic (exact) mass is 547 g/mol. The lowest BCUT2D eigenvalue weighted by atomic mass is 9.49. The summed E-state index contributed by atoms with van der Waals surface area (Å²) in [5, 5.41) is 5.29. The molecule has 1 amide bonds. The number of benzene rings is 1. The summed E-state index contributed by atoms with van der Waals surface area (Å²) in [6.07, 6.45) is 11.4. The van der Waals surface area contributed by atoms with Crippen LogP contribution in [0.15, 0.2) is 23.2 Å². The van der Waals surface area contributed by atoms with Gasteiger partial charge in [0, 0.05) is 27.4 Å². The van der Waals surface area contributed by atoms with E-state index in [2.05, 4.69) is 12.2 Å². The molecule has 0 unspecified atom stereocenters. The quantitative estimate of drug-likeness (QED) is 0.282. The zero-order chi connectivity index (χ0) is 25.4. The molecule has 0 spiro atoms. The van der Waals surface area contributed by atoms with Crippen LogP contribution in [-0.2, 0) is 23.1 Å². The summed E-state index contributed by atoms with van der Waals surface area (Å²) in [6.45, 7) is 2.58. The Hall–Kier alpha value is -2.32. The molecule has 1 aliphatic heterocycles. The van der Waals surface area contributed by atoms with E-state index in [1.54, 1.807) is 11.8 Å². The minimum atomic E-state index is -0.0327. The smallest absolute Gasteiger partial charge is 0.234 e. The van der Waals surface area contributed by atoms with Crippen LogP contribution in [0.3, 0.4) is 0 Å². The lowest BCUT2D eigenvalue weighted by Crippen LogP contribution is -2.49. The van der Waals surface area contributed by atoms with E-state index in [1.807, 2.05) is 29.5 Å². The highest BCUT2D eigenvalue weighted by atomic mass is 32.2. The van der Waals surface area contributed by atoms with Crippen LogP contribution in [0.2, 0.25) is 0 Å². The van der Waals surface area contributed by atoms with E-state index in [1.165, 1.54) is 60.8 Å². The van der Waals surface area contributed by atoms with Crippen LogP contribution >= 0.6 is 23.1 Å². The summed E-state index contributed by atoms with van der Waals surface area (Å²) in [5.41, 5.74) is 2.31. The summed E-state index contributed by atoms with van der Waals surface area (Å²) >= 11 is 3.48. The molecule has 198 valence electrons. The number of amides is 1. The van der Waals surface area contributed by atoms with Crippen LogP contribution in [-0.4, -0.2) is 28.4 Å². The Morgan fingerprint density at radius 1 is 1.11 bits per heavy atom. The van der Waals surface area contributed by atoms with E-state index in [0.29, 0.717) is 11.5 Å². The first-order chi connectivity index (χ1) is 18.5. The molecule has 2 aromatic heterocycles. The van der Waals surface area contributed by atoms with E-state index in [9.17, 15) is 4.79 Å². The number of nitrogens with one attached hydrogen (secondary N) is 1. The number of thiophene rings is 1. The largest absolute Gasteiger partial charge is 0.454 e. The van der Waals surface area contributed by atoms with Crippen LogP contribution in [0, 0.1) is 23.7 Å². The predicted octanol–water partition coefficient (Wildman–Crippen LogP) is 6.74. The fourth-order valence-electron chi connectivity index (χ4n) is 8.34. The molecule has 0 saturated heterocycles. The highest BCUT2D eigenvalue weighted by molar-refractivity contribution is 8.00. The van der Waals surface area contributed by atoms with E-state index in [4.69, 9.17) is 19.4 Å². The zero-order valence-corrected chi connectivity index (χ0v) is 23.4. The van der Waals surface area contributed by atoms with Crippen molar-refractivity contribution in [2.75, 3.05) is 17.9 Å². The molecule has 1 N–H and O–H groups in total. The van der Waals surface area contributed by atoms with Gasteiger partial charge >= 0.3 is 0 Å². The Balaban J connectivity index is 1.12. The fraction of sp³-hybridized carbons (Fsp3) is 0.567. The minimum absolute atomic E-state index is 0.0327. The second kappa shape index (κ2) is 8.85. The second-order valence-electron chi connectivity index (χ2n) is 12.5. The number of hydrogen-bond donors (Lipinski definition) is 1. The Morgan fingerprint density at radius 2 is 1.87 bits per heavy atom. The highest BCUT2D eigenvalue weighted by Gasteiger charge is 2.53. The number of anilines is 1. The fourth-order valence-corrected chi connectivity index (χ4v) is 10.6. The Labute approximate surface area is 231 Å². The molecule has 38 heavy (non-hydrogen) atoms. The number of carbonyl (C=O) groups excluding carboxylic acids is 1. The summed E-state index contributed by atoms with van der Waals surface area (Å²) in [4.78, 5) is 26.4. The molecule has 4 saturated carbocycles. The van der Waals surface area contributed by atoms with Gasteiger partial charge in [-0.25, -0.2) is 9.97 Å². The molecule has 4 bridgehead atoms. The predicted molar refractivity (Wildman–Crippen MR) is 150 cm³/mol. The average molecular weight is 548 g/mol. The molecule has 1 aromatic carbocycles. The number of thioether (sulfide) groups is 1. The first-order valence-corrected chi connectivity index (χ1v) is 16.0. The maximum atomic E-state index is 13.1. The first kappa shape index (κ1) is 23.6. The summed E-state index contributed by atoms with van der Waals surface area (Å²) in [6, 6.07) is 5.53. The van der Waals surface area contributed by atoms with E-state index < -0.39 is 0 Å². The highest BCUT2D eigenvalue weighted by Crippen LogP contribution is 2.60. The van der Waals surface area contributed by atoms with Gasteiger partial charge in [0.1, 0.15) is 15.7 Å². The molecule has 5 aliphatic carbocycles. The maximum absolute atomic E-state index is 13.1. The minimum Gasteiger partial charge on any atom is -0.454 e. The van der Waals surface area contributed by atoms with Crippen molar-refractivity contribution in [3.8, 4) is 11.5 Å². The van der Waals surface area contributed by atoms with Crippen LogP contribution < -0.4 is 14.8 Å². The molecule has 6 aliphatic rings. The van der Waals surface area contributed by atoms with Gasteiger partial charge in [0.05, 0.1) is 5.75 Å². The molecule has 3 aromatic rings. The van der Waals surface area contributed by atoms with E-state index in [0.717, 1.165) is 63.6 Å². The number of carbonyl (C=O) groups is 1. The Morgan fingerprint density at radius 3 is 2.66 bits per heavy atom. The summed E-state index contributed by atoms with van der Waals surface area (Å²) in [7, 11) is 0. The van der Waals surface area contributed by atoms with E-state index in [-0.39, 0.29) is 18.1 Å². The molecule has 8 heteroatoms. The molecular formula is C30H33N3O3S2. The molecule has 1 atom stereocenters. The molecule has 9 rings (SSSR count). The van der Waals surface area contributed by atoms with Crippen LogP contribution in [0.25, 0.3) is 10.2 Å². The SMILES string of the molecule is C[C@H]1CCc2c(sc3nc(C45CC6CC(CC(C6)C4)C5)nc(SCC(=O)Nc4ccc5c(c4)OCO5)c23)C1. The first-order valence-electron chi connectivity index (χ1n) is 14.2. The van der Waals surface area contributed by atoms with Crippen molar-refractivity contribution < 1.29 is 14.3 Å².